The molecule has 15 heavy (non-hydrogen) atoms. The molecular weight excluding hydrogens is 214 g/mol. The van der Waals surface area contributed by atoms with Gasteiger partial charge in [-0.2, -0.15) is 0 Å². The van der Waals surface area contributed by atoms with Gasteiger partial charge in [0.1, 0.15) is 0 Å². The van der Waals surface area contributed by atoms with Crippen molar-refractivity contribution >= 4 is 18.4 Å². The van der Waals surface area contributed by atoms with Crippen LogP contribution in [0.25, 0.3) is 0 Å². The van der Waals surface area contributed by atoms with Crippen molar-refractivity contribution in [3.8, 4) is 0 Å². The van der Waals surface area contributed by atoms with Crippen LogP contribution >= 0.6 is 12.4 Å². The Bertz CT molecular complexity index is 266. The van der Waals surface area contributed by atoms with E-state index in [1.54, 1.807) is 0 Å². The zero-order valence-electron chi connectivity index (χ0n) is 8.44. The molecule has 0 aliphatic heterocycles. The fourth-order valence-corrected chi connectivity index (χ4v) is 0.884. The zero-order valence-corrected chi connectivity index (χ0v) is 9.26. The summed E-state index contributed by atoms with van der Waals surface area (Å²) in [5.41, 5.74) is 22.1. The lowest BCUT2D eigenvalue weighted by molar-refractivity contribution is 1.03. The maximum Gasteiger partial charge on any atom is 0.183 e. The highest BCUT2D eigenvalue weighted by Crippen LogP contribution is 2.02. The normalized spacial score (nSPS) is 8.13. The molecule has 1 aromatic rings. The molecule has 5 nitrogen and oxygen atoms in total. The summed E-state index contributed by atoms with van der Waals surface area (Å²) in [4.78, 5) is 0. The van der Waals surface area contributed by atoms with Crippen LogP contribution in [0.2, 0.25) is 0 Å². The molecule has 0 bridgehead atoms. The molecule has 0 aromatic heterocycles. The van der Waals surface area contributed by atoms with Gasteiger partial charge in [0.05, 0.1) is 0 Å². The molecule has 86 valence electrons. The number of benzene rings is 1. The predicted molar refractivity (Wildman–Crippen MR) is 65.6 cm³/mol. The molecule has 0 spiro atoms. The summed E-state index contributed by atoms with van der Waals surface area (Å²) < 4.78 is 0. The number of nitrogens with two attached hydrogens (primary N) is 4. The Balaban J connectivity index is 0. The molecular formula is C9H18ClN5. The molecule has 0 heterocycles. The maximum absolute atomic E-state index is 6.06. The molecule has 0 atom stereocenters. The lowest BCUT2D eigenvalue weighted by Gasteiger charge is -1.98. The summed E-state index contributed by atoms with van der Waals surface area (Å²) >= 11 is 0. The average molecular weight is 232 g/mol. The molecule has 0 unspecified atom stereocenters. The largest absolute Gasteiger partial charge is 0.370 e. The predicted octanol–water partition coefficient (Wildman–Crippen LogP) is -0.136. The molecule has 0 aliphatic rings. The fraction of sp³-hybridized carbons (Fsp3) is 0.222. The first-order valence-corrected chi connectivity index (χ1v) is 4.17. The SMILES string of the molecule is Cl.N=C(N)N.NCc1cccc(CN)c1. The Morgan fingerprint density at radius 1 is 1.07 bits per heavy atom. The Hall–Kier alpha value is -1.30. The first-order chi connectivity index (χ1) is 6.60. The lowest BCUT2D eigenvalue weighted by Crippen LogP contribution is -2.20. The lowest BCUT2D eigenvalue weighted by atomic mass is 10.1. The highest BCUT2D eigenvalue weighted by atomic mass is 35.5. The van der Waals surface area contributed by atoms with Gasteiger partial charge in [-0.05, 0) is 11.1 Å². The maximum atomic E-state index is 6.06. The third-order valence-electron chi connectivity index (χ3n) is 1.46. The molecule has 1 aromatic carbocycles. The van der Waals surface area contributed by atoms with Crippen LogP contribution in [0.15, 0.2) is 24.3 Å². The van der Waals surface area contributed by atoms with E-state index in [1.165, 1.54) is 0 Å². The van der Waals surface area contributed by atoms with Gasteiger partial charge in [0.2, 0.25) is 0 Å². The van der Waals surface area contributed by atoms with Crippen molar-refractivity contribution in [1.82, 2.24) is 0 Å². The van der Waals surface area contributed by atoms with E-state index in [0.717, 1.165) is 11.1 Å². The number of guanidine groups is 1. The van der Waals surface area contributed by atoms with Crippen LogP contribution < -0.4 is 22.9 Å². The Kier molecular flexibility index (Phi) is 9.97. The minimum absolute atomic E-state index is 0. The van der Waals surface area contributed by atoms with Gasteiger partial charge in [-0.25, -0.2) is 0 Å². The van der Waals surface area contributed by atoms with E-state index in [1.807, 2.05) is 24.3 Å². The van der Waals surface area contributed by atoms with E-state index in [0.29, 0.717) is 13.1 Å². The first kappa shape index (κ1) is 16.1. The Morgan fingerprint density at radius 3 is 1.67 bits per heavy atom. The molecule has 9 N–H and O–H groups in total. The number of nitrogens with one attached hydrogen (secondary N) is 1. The van der Waals surface area contributed by atoms with Crippen molar-refractivity contribution in [1.29, 1.82) is 5.41 Å². The van der Waals surface area contributed by atoms with Gasteiger partial charge in [0.25, 0.3) is 0 Å². The second-order valence-corrected chi connectivity index (χ2v) is 2.68. The summed E-state index contributed by atoms with van der Waals surface area (Å²) in [5.74, 6) is -0.333. The van der Waals surface area contributed by atoms with E-state index in [-0.39, 0.29) is 18.4 Å². The second-order valence-electron chi connectivity index (χ2n) is 2.68. The average Bonchev–Trinajstić information content (AvgIpc) is 2.17. The molecule has 0 aliphatic carbocycles. The summed E-state index contributed by atoms with van der Waals surface area (Å²) in [7, 11) is 0. The van der Waals surface area contributed by atoms with E-state index in [2.05, 4.69) is 11.5 Å². The van der Waals surface area contributed by atoms with Crippen molar-refractivity contribution in [3.05, 3.63) is 35.4 Å². The Morgan fingerprint density at radius 2 is 1.40 bits per heavy atom. The molecule has 0 amide bonds. The zero-order chi connectivity index (χ0) is 11.0. The highest BCUT2D eigenvalue weighted by molar-refractivity contribution is 5.85. The monoisotopic (exact) mass is 231 g/mol. The van der Waals surface area contributed by atoms with E-state index in [9.17, 15) is 0 Å². The molecule has 0 fully saturated rings. The van der Waals surface area contributed by atoms with Gasteiger partial charge >= 0.3 is 0 Å². The van der Waals surface area contributed by atoms with E-state index < -0.39 is 0 Å². The second kappa shape index (κ2) is 9.26. The van der Waals surface area contributed by atoms with Crippen LogP contribution in [0, 0.1) is 5.41 Å². The van der Waals surface area contributed by atoms with Crippen LogP contribution in [0.1, 0.15) is 11.1 Å². The van der Waals surface area contributed by atoms with Crippen molar-refractivity contribution in [2.45, 2.75) is 13.1 Å². The van der Waals surface area contributed by atoms with Crippen molar-refractivity contribution < 1.29 is 0 Å². The summed E-state index contributed by atoms with van der Waals surface area (Å²) in [5, 5.41) is 6.06. The Labute approximate surface area is 95.7 Å². The molecule has 1 rings (SSSR count). The van der Waals surface area contributed by atoms with Crippen LogP contribution in [0.5, 0.6) is 0 Å². The van der Waals surface area contributed by atoms with Crippen LogP contribution in [-0.2, 0) is 13.1 Å². The van der Waals surface area contributed by atoms with Gasteiger partial charge in [-0.15, -0.1) is 12.4 Å². The van der Waals surface area contributed by atoms with Gasteiger partial charge in [0.15, 0.2) is 5.96 Å². The summed E-state index contributed by atoms with van der Waals surface area (Å²) in [6.45, 7) is 1.18. The van der Waals surface area contributed by atoms with Gasteiger partial charge < -0.3 is 22.9 Å². The van der Waals surface area contributed by atoms with Gasteiger partial charge in [-0.3, -0.25) is 5.41 Å². The smallest absolute Gasteiger partial charge is 0.183 e. The third-order valence-corrected chi connectivity index (χ3v) is 1.46. The quantitative estimate of drug-likeness (QED) is 0.359. The standard InChI is InChI=1S/C8H12N2.CH5N3.ClH/c9-5-7-2-1-3-8(4-7)6-10;2-1(3)4;/h1-4H,5-6,9-10H2;(H5,2,3,4);1H. The number of halogens is 1. The van der Waals surface area contributed by atoms with Crippen LogP contribution in [-0.4, -0.2) is 5.96 Å². The van der Waals surface area contributed by atoms with E-state index in [4.69, 9.17) is 16.9 Å². The third kappa shape index (κ3) is 9.01. The van der Waals surface area contributed by atoms with Crippen LogP contribution in [0.4, 0.5) is 0 Å². The minimum Gasteiger partial charge on any atom is -0.370 e. The van der Waals surface area contributed by atoms with Crippen LogP contribution in [0.3, 0.4) is 0 Å². The van der Waals surface area contributed by atoms with Crippen molar-refractivity contribution in [2.75, 3.05) is 0 Å². The van der Waals surface area contributed by atoms with Gasteiger partial charge in [-0.1, -0.05) is 24.3 Å². The molecule has 0 saturated heterocycles. The summed E-state index contributed by atoms with van der Waals surface area (Å²) in [6.07, 6.45) is 0. The molecule has 6 heteroatoms. The molecule has 0 saturated carbocycles. The number of hydrogen-bond acceptors (Lipinski definition) is 3. The van der Waals surface area contributed by atoms with Crippen molar-refractivity contribution in [3.63, 3.8) is 0 Å². The van der Waals surface area contributed by atoms with Crippen molar-refractivity contribution in [2.24, 2.45) is 22.9 Å². The number of hydrogen-bond donors (Lipinski definition) is 5. The first-order valence-electron chi connectivity index (χ1n) is 4.17. The van der Waals surface area contributed by atoms with Gasteiger partial charge in [0, 0.05) is 13.1 Å². The topological polar surface area (TPSA) is 128 Å². The minimum atomic E-state index is -0.333. The molecule has 0 radical (unpaired) electrons. The number of rotatable bonds is 2. The highest BCUT2D eigenvalue weighted by Gasteiger charge is 1.89. The fourth-order valence-electron chi connectivity index (χ4n) is 0.884. The summed E-state index contributed by atoms with van der Waals surface area (Å²) in [6, 6.07) is 8.00. The van der Waals surface area contributed by atoms with E-state index >= 15 is 0 Å².